The van der Waals surface area contributed by atoms with Crippen LogP contribution in [0.2, 0.25) is 0 Å². The predicted octanol–water partition coefficient (Wildman–Crippen LogP) is 3.46. The summed E-state index contributed by atoms with van der Waals surface area (Å²) in [4.78, 5) is 13.6. The summed E-state index contributed by atoms with van der Waals surface area (Å²) in [7, 11) is 0. The first-order chi connectivity index (χ1) is 12.2. The minimum atomic E-state index is -0.770. The van der Waals surface area contributed by atoms with Crippen molar-refractivity contribution in [2.75, 3.05) is 6.54 Å². The summed E-state index contributed by atoms with van der Waals surface area (Å²) < 4.78 is 5.21. The van der Waals surface area contributed by atoms with Crippen molar-refractivity contribution in [3.8, 4) is 0 Å². The van der Waals surface area contributed by atoms with Crippen LogP contribution < -0.4 is 10.6 Å². The normalized spacial score (nSPS) is 11.9. The van der Waals surface area contributed by atoms with Crippen LogP contribution in [-0.4, -0.2) is 17.7 Å². The zero-order valence-corrected chi connectivity index (χ0v) is 14.5. The molecule has 5 nitrogen and oxygen atoms in total. The van der Waals surface area contributed by atoms with Gasteiger partial charge in [-0.15, -0.1) is 11.3 Å². The molecule has 0 bridgehead atoms. The van der Waals surface area contributed by atoms with Crippen molar-refractivity contribution < 1.29 is 14.3 Å². The molecule has 2 aromatic heterocycles. The molecule has 3 N–H and O–H groups in total. The number of benzene rings is 1. The van der Waals surface area contributed by atoms with Gasteiger partial charge in [-0.1, -0.05) is 30.3 Å². The van der Waals surface area contributed by atoms with E-state index in [1.54, 1.807) is 12.1 Å². The summed E-state index contributed by atoms with van der Waals surface area (Å²) in [6.07, 6.45) is 1.56. The minimum Gasteiger partial charge on any atom is -0.466 e. The molecule has 0 saturated heterocycles. The molecule has 1 atom stereocenters. The number of amides is 2. The molecule has 0 spiro atoms. The Bertz CT molecular complexity index is 784. The first-order valence-corrected chi connectivity index (χ1v) is 8.90. The van der Waals surface area contributed by atoms with Crippen LogP contribution in [0.1, 0.15) is 27.2 Å². The van der Waals surface area contributed by atoms with Crippen LogP contribution >= 0.6 is 11.3 Å². The number of carbonyl (C=O) groups excluding carboxylic acids is 1. The first kappa shape index (κ1) is 17.3. The van der Waals surface area contributed by atoms with Crippen LogP contribution in [0, 0.1) is 0 Å². The number of thiophene rings is 1. The van der Waals surface area contributed by atoms with E-state index in [9.17, 15) is 9.90 Å². The van der Waals surface area contributed by atoms with Crippen molar-refractivity contribution in [2.24, 2.45) is 0 Å². The van der Waals surface area contributed by atoms with Gasteiger partial charge in [-0.2, -0.15) is 0 Å². The van der Waals surface area contributed by atoms with E-state index in [0.29, 0.717) is 18.8 Å². The summed E-state index contributed by atoms with van der Waals surface area (Å²) in [5.41, 5.74) is 1.19. The first-order valence-electron chi connectivity index (χ1n) is 8.08. The van der Waals surface area contributed by atoms with Gasteiger partial charge >= 0.3 is 6.03 Å². The van der Waals surface area contributed by atoms with Crippen LogP contribution in [-0.2, 0) is 13.0 Å². The summed E-state index contributed by atoms with van der Waals surface area (Å²) in [6, 6.07) is 17.1. The molecule has 130 valence electrons. The van der Waals surface area contributed by atoms with Gasteiger partial charge in [0.25, 0.3) is 0 Å². The van der Waals surface area contributed by atoms with Crippen molar-refractivity contribution >= 4 is 17.4 Å². The second-order valence-corrected chi connectivity index (χ2v) is 6.77. The number of rotatable bonds is 7. The van der Waals surface area contributed by atoms with Gasteiger partial charge in [-0.05, 0) is 36.2 Å². The van der Waals surface area contributed by atoms with E-state index in [2.05, 4.69) is 10.6 Å². The molecule has 2 amide bonds. The molecule has 1 aromatic carbocycles. The molecule has 3 rings (SSSR count). The zero-order chi connectivity index (χ0) is 17.5. The highest BCUT2D eigenvalue weighted by molar-refractivity contribution is 7.12. The minimum absolute atomic E-state index is 0.197. The zero-order valence-electron chi connectivity index (χ0n) is 13.6. The number of hydrogen-bond donors (Lipinski definition) is 3. The van der Waals surface area contributed by atoms with Crippen LogP contribution in [0.25, 0.3) is 0 Å². The number of nitrogens with one attached hydrogen (secondary N) is 2. The lowest BCUT2D eigenvalue weighted by Gasteiger charge is -2.07. The van der Waals surface area contributed by atoms with Crippen molar-refractivity contribution in [3.05, 3.63) is 81.9 Å². The number of hydrogen-bond acceptors (Lipinski definition) is 4. The van der Waals surface area contributed by atoms with Crippen LogP contribution in [0.15, 0.2) is 65.3 Å². The largest absolute Gasteiger partial charge is 0.466 e. The van der Waals surface area contributed by atoms with Crippen molar-refractivity contribution in [3.63, 3.8) is 0 Å². The fourth-order valence-electron chi connectivity index (χ4n) is 2.42. The highest BCUT2D eigenvalue weighted by Crippen LogP contribution is 2.28. The van der Waals surface area contributed by atoms with Gasteiger partial charge in [0.1, 0.15) is 11.9 Å². The van der Waals surface area contributed by atoms with E-state index in [1.165, 1.54) is 23.2 Å². The van der Waals surface area contributed by atoms with Crippen LogP contribution in [0.5, 0.6) is 0 Å². The maximum atomic E-state index is 11.9. The van der Waals surface area contributed by atoms with Gasteiger partial charge in [-0.25, -0.2) is 4.79 Å². The Balaban J connectivity index is 1.42. The van der Waals surface area contributed by atoms with Crippen molar-refractivity contribution in [1.29, 1.82) is 0 Å². The number of carbonyl (C=O) groups is 1. The lowest BCUT2D eigenvalue weighted by Crippen LogP contribution is -2.36. The third-order valence-corrected chi connectivity index (χ3v) is 4.87. The topological polar surface area (TPSA) is 74.5 Å². The van der Waals surface area contributed by atoms with E-state index < -0.39 is 6.10 Å². The molecule has 0 aliphatic carbocycles. The third-order valence-electron chi connectivity index (χ3n) is 3.73. The summed E-state index contributed by atoms with van der Waals surface area (Å²) >= 11 is 1.45. The van der Waals surface area contributed by atoms with Gasteiger partial charge in [0, 0.05) is 16.3 Å². The molecule has 0 aliphatic heterocycles. The second-order valence-electron chi connectivity index (χ2n) is 5.57. The Kier molecular flexibility index (Phi) is 5.87. The highest BCUT2D eigenvalue weighted by atomic mass is 32.1. The molecule has 6 heteroatoms. The Morgan fingerprint density at radius 1 is 1.08 bits per heavy atom. The van der Waals surface area contributed by atoms with Crippen LogP contribution in [0.3, 0.4) is 0 Å². The lowest BCUT2D eigenvalue weighted by molar-refractivity contribution is 0.193. The molecule has 0 aliphatic rings. The predicted molar refractivity (Wildman–Crippen MR) is 97.5 cm³/mol. The standard InChI is InChI=1S/C19H20N2O3S/c22-18(16-7-4-12-24-16)17-9-8-15(25-17)13-21-19(23)20-11-10-14-5-2-1-3-6-14/h1-9,12,18,22H,10-11,13H2,(H2,20,21,23). The summed E-state index contributed by atoms with van der Waals surface area (Å²) in [5.74, 6) is 0.514. The van der Waals surface area contributed by atoms with Crippen molar-refractivity contribution in [1.82, 2.24) is 10.6 Å². The number of urea groups is 1. The average Bonchev–Trinajstić information content (AvgIpc) is 3.32. The fourth-order valence-corrected chi connectivity index (χ4v) is 3.37. The molecule has 2 heterocycles. The van der Waals surface area contributed by atoms with E-state index in [1.807, 2.05) is 42.5 Å². The maximum absolute atomic E-state index is 11.9. The van der Waals surface area contributed by atoms with E-state index in [4.69, 9.17) is 4.42 Å². The maximum Gasteiger partial charge on any atom is 0.315 e. The number of aliphatic hydroxyl groups excluding tert-OH is 1. The monoisotopic (exact) mass is 356 g/mol. The molecular weight excluding hydrogens is 336 g/mol. The highest BCUT2D eigenvalue weighted by Gasteiger charge is 2.15. The quantitative estimate of drug-likeness (QED) is 0.607. The van der Waals surface area contributed by atoms with E-state index in [0.717, 1.165) is 16.2 Å². The smallest absolute Gasteiger partial charge is 0.315 e. The average molecular weight is 356 g/mol. The van der Waals surface area contributed by atoms with E-state index >= 15 is 0 Å². The molecule has 0 radical (unpaired) electrons. The molecule has 0 saturated carbocycles. The summed E-state index contributed by atoms with van der Waals surface area (Å²) in [5, 5.41) is 15.9. The van der Waals surface area contributed by atoms with Gasteiger partial charge in [0.15, 0.2) is 0 Å². The Labute approximate surface area is 150 Å². The van der Waals surface area contributed by atoms with Gasteiger partial charge < -0.3 is 20.2 Å². The van der Waals surface area contributed by atoms with Gasteiger partial charge in [0.05, 0.1) is 12.8 Å². The third kappa shape index (κ3) is 4.95. The van der Waals surface area contributed by atoms with Gasteiger partial charge in [0.2, 0.25) is 0 Å². The molecule has 3 aromatic rings. The SMILES string of the molecule is O=C(NCCc1ccccc1)NCc1ccc(C(O)c2ccco2)s1. The molecule has 1 unspecified atom stereocenters. The Morgan fingerprint density at radius 3 is 2.68 bits per heavy atom. The van der Waals surface area contributed by atoms with Crippen LogP contribution in [0.4, 0.5) is 4.79 Å². The Morgan fingerprint density at radius 2 is 1.92 bits per heavy atom. The fraction of sp³-hybridized carbons (Fsp3) is 0.211. The molecule has 25 heavy (non-hydrogen) atoms. The van der Waals surface area contributed by atoms with Crippen molar-refractivity contribution in [2.45, 2.75) is 19.1 Å². The van der Waals surface area contributed by atoms with E-state index in [-0.39, 0.29) is 6.03 Å². The number of furan rings is 1. The summed E-state index contributed by atoms with van der Waals surface area (Å²) in [6.45, 7) is 1.01. The Hall–Kier alpha value is -2.57. The number of aliphatic hydroxyl groups is 1. The lowest BCUT2D eigenvalue weighted by atomic mass is 10.1. The molecular formula is C19H20N2O3S. The molecule has 0 fully saturated rings. The van der Waals surface area contributed by atoms with Gasteiger partial charge in [-0.3, -0.25) is 0 Å². The second kappa shape index (κ2) is 8.50.